The third-order valence-corrected chi connectivity index (χ3v) is 4.53. The van der Waals surface area contributed by atoms with Crippen LogP contribution in [0, 0.1) is 13.8 Å². The number of para-hydroxylation sites is 1. The first-order valence-electron chi connectivity index (χ1n) is 8.77. The number of hydrogen-bond acceptors (Lipinski definition) is 3. The van der Waals surface area contributed by atoms with Crippen molar-refractivity contribution < 1.29 is 14.4 Å². The number of rotatable bonds is 2. The number of urea groups is 1. The Morgan fingerprint density at radius 3 is 2.07 bits per heavy atom. The summed E-state index contributed by atoms with van der Waals surface area (Å²) in [5, 5.41) is 5.57. The minimum atomic E-state index is -0.611. The predicted octanol–water partition coefficient (Wildman–Crippen LogP) is 4.34. The summed E-state index contributed by atoms with van der Waals surface area (Å²) in [6, 6.07) is 10.1. The summed E-state index contributed by atoms with van der Waals surface area (Å²) in [4.78, 5) is 38.8. The van der Waals surface area contributed by atoms with Crippen molar-refractivity contribution in [1.82, 2.24) is 4.90 Å². The third-order valence-electron chi connectivity index (χ3n) is 4.53. The van der Waals surface area contributed by atoms with Crippen LogP contribution in [0.1, 0.15) is 52.6 Å². The smallest absolute Gasteiger partial charge is 0.308 e. The second-order valence-electron chi connectivity index (χ2n) is 7.72. The van der Waals surface area contributed by atoms with Gasteiger partial charge in [-0.2, -0.15) is 0 Å². The van der Waals surface area contributed by atoms with E-state index >= 15 is 0 Å². The van der Waals surface area contributed by atoms with Crippen LogP contribution in [0.25, 0.3) is 0 Å². The van der Waals surface area contributed by atoms with Crippen LogP contribution >= 0.6 is 0 Å². The molecular weight excluding hydrogens is 342 g/mol. The molecule has 27 heavy (non-hydrogen) atoms. The van der Waals surface area contributed by atoms with Gasteiger partial charge in [-0.05, 0) is 63.9 Å². The van der Waals surface area contributed by atoms with E-state index in [2.05, 4.69) is 10.6 Å². The molecule has 6 nitrogen and oxygen atoms in total. The van der Waals surface area contributed by atoms with Gasteiger partial charge in [-0.3, -0.25) is 14.5 Å². The largest absolute Gasteiger partial charge is 0.323 e. The van der Waals surface area contributed by atoms with Crippen molar-refractivity contribution in [2.75, 3.05) is 10.6 Å². The molecule has 140 valence electrons. The van der Waals surface area contributed by atoms with Crippen molar-refractivity contribution in [3.63, 3.8) is 0 Å². The van der Waals surface area contributed by atoms with Crippen molar-refractivity contribution >= 4 is 29.2 Å². The summed E-state index contributed by atoms with van der Waals surface area (Å²) < 4.78 is 0. The monoisotopic (exact) mass is 365 g/mol. The molecule has 0 bridgehead atoms. The topological polar surface area (TPSA) is 78.5 Å². The van der Waals surface area contributed by atoms with Gasteiger partial charge in [-0.15, -0.1) is 0 Å². The summed E-state index contributed by atoms with van der Waals surface area (Å²) in [5.74, 6) is -0.657. The number of fused-ring (bicyclic) bond motifs is 1. The quantitative estimate of drug-likeness (QED) is 0.777. The van der Waals surface area contributed by atoms with Gasteiger partial charge in [0.05, 0.1) is 11.1 Å². The number of hydrogen-bond donors (Lipinski definition) is 2. The number of benzene rings is 2. The first-order valence-corrected chi connectivity index (χ1v) is 8.77. The van der Waals surface area contributed by atoms with Crippen LogP contribution in [0.2, 0.25) is 0 Å². The van der Waals surface area contributed by atoms with Crippen LogP contribution in [-0.2, 0) is 0 Å². The van der Waals surface area contributed by atoms with E-state index in [1.54, 1.807) is 18.2 Å². The van der Waals surface area contributed by atoms with Gasteiger partial charge in [0.15, 0.2) is 0 Å². The van der Waals surface area contributed by atoms with Crippen LogP contribution in [0.4, 0.5) is 16.2 Å². The molecule has 0 unspecified atom stereocenters. The molecule has 1 aliphatic heterocycles. The Hall–Kier alpha value is -3.15. The van der Waals surface area contributed by atoms with Crippen LogP contribution < -0.4 is 10.6 Å². The highest BCUT2D eigenvalue weighted by Gasteiger charge is 2.41. The van der Waals surface area contributed by atoms with Crippen molar-refractivity contribution in [3.05, 3.63) is 58.7 Å². The number of carbonyl (C=O) groups excluding carboxylic acids is 3. The van der Waals surface area contributed by atoms with E-state index in [1.807, 2.05) is 52.8 Å². The average Bonchev–Trinajstić information content (AvgIpc) is 2.82. The maximum absolute atomic E-state index is 12.6. The Bertz CT molecular complexity index is 937. The highest BCUT2D eigenvalue weighted by Crippen LogP contribution is 2.31. The van der Waals surface area contributed by atoms with Gasteiger partial charge in [-0.1, -0.05) is 18.2 Å². The first kappa shape index (κ1) is 18.6. The highest BCUT2D eigenvalue weighted by atomic mass is 16.2. The lowest BCUT2D eigenvalue weighted by molar-refractivity contribution is 0.0507. The average molecular weight is 365 g/mol. The van der Waals surface area contributed by atoms with Crippen LogP contribution in [0.5, 0.6) is 0 Å². The van der Waals surface area contributed by atoms with Crippen molar-refractivity contribution in [3.8, 4) is 0 Å². The fourth-order valence-electron chi connectivity index (χ4n) is 3.22. The van der Waals surface area contributed by atoms with E-state index < -0.39 is 11.6 Å². The molecule has 0 radical (unpaired) electrons. The number of nitrogens with one attached hydrogen (secondary N) is 2. The molecule has 1 heterocycles. The second-order valence-corrected chi connectivity index (χ2v) is 7.72. The van der Waals surface area contributed by atoms with E-state index in [0.29, 0.717) is 16.8 Å². The zero-order valence-corrected chi connectivity index (χ0v) is 16.1. The Balaban J connectivity index is 1.81. The normalized spacial score (nSPS) is 13.6. The van der Waals surface area contributed by atoms with Crippen LogP contribution in [-0.4, -0.2) is 28.3 Å². The summed E-state index contributed by atoms with van der Waals surface area (Å²) in [6.45, 7) is 9.27. The van der Waals surface area contributed by atoms with Gasteiger partial charge >= 0.3 is 6.03 Å². The number of imide groups is 1. The summed E-state index contributed by atoms with van der Waals surface area (Å²) in [5.41, 5.74) is 3.17. The lowest BCUT2D eigenvalue weighted by Crippen LogP contribution is -2.45. The molecule has 0 aliphatic carbocycles. The number of amides is 4. The van der Waals surface area contributed by atoms with Crippen molar-refractivity contribution in [2.45, 2.75) is 40.2 Å². The fourth-order valence-corrected chi connectivity index (χ4v) is 3.22. The minimum Gasteiger partial charge on any atom is -0.308 e. The second kappa shape index (κ2) is 6.54. The maximum Gasteiger partial charge on any atom is 0.323 e. The Morgan fingerprint density at radius 1 is 0.889 bits per heavy atom. The summed E-state index contributed by atoms with van der Waals surface area (Å²) in [7, 11) is 0. The zero-order chi connectivity index (χ0) is 19.9. The number of nitrogens with zero attached hydrogens (tertiary/aromatic N) is 1. The molecule has 0 aromatic heterocycles. The molecule has 2 aromatic rings. The molecule has 0 atom stereocenters. The van der Waals surface area contributed by atoms with E-state index in [9.17, 15) is 14.4 Å². The SMILES string of the molecule is Cc1cccc(C)c1NC(=O)Nc1ccc2c(c1)C(=O)N(C(C)(C)C)C2=O. The van der Waals surface area contributed by atoms with E-state index in [-0.39, 0.29) is 11.8 Å². The molecule has 0 spiro atoms. The van der Waals surface area contributed by atoms with Gasteiger partial charge in [0.25, 0.3) is 11.8 Å². The molecule has 2 N–H and O–H groups in total. The molecule has 1 aliphatic rings. The van der Waals surface area contributed by atoms with Gasteiger partial charge < -0.3 is 10.6 Å². The van der Waals surface area contributed by atoms with Crippen molar-refractivity contribution in [2.24, 2.45) is 0 Å². The fraction of sp³-hybridized carbons (Fsp3) is 0.286. The van der Waals surface area contributed by atoms with Crippen molar-refractivity contribution in [1.29, 1.82) is 0 Å². The Kier molecular flexibility index (Phi) is 4.51. The van der Waals surface area contributed by atoms with E-state index in [4.69, 9.17) is 0 Å². The minimum absolute atomic E-state index is 0.305. The van der Waals surface area contributed by atoms with Gasteiger partial charge in [0.1, 0.15) is 0 Å². The number of carbonyl (C=O) groups is 3. The molecule has 6 heteroatoms. The molecule has 0 saturated heterocycles. The first-order chi connectivity index (χ1) is 12.6. The lowest BCUT2D eigenvalue weighted by Gasteiger charge is -2.29. The highest BCUT2D eigenvalue weighted by molar-refractivity contribution is 6.22. The molecule has 0 saturated carbocycles. The standard InChI is InChI=1S/C21H23N3O3/c1-12-7-6-8-13(2)17(12)23-20(27)22-14-9-10-15-16(11-14)19(26)24(18(15)25)21(3,4)5/h6-11H,1-5H3,(H2,22,23,27). The molecule has 2 aromatic carbocycles. The van der Waals surface area contributed by atoms with Crippen LogP contribution in [0.3, 0.4) is 0 Å². The summed E-state index contributed by atoms with van der Waals surface area (Å²) >= 11 is 0. The molecular formula is C21H23N3O3. The summed E-state index contributed by atoms with van der Waals surface area (Å²) in [6.07, 6.45) is 0. The Labute approximate surface area is 158 Å². The third kappa shape index (κ3) is 3.43. The number of aryl methyl sites for hydroxylation is 2. The molecule has 0 fully saturated rings. The van der Waals surface area contributed by atoms with E-state index in [0.717, 1.165) is 16.8 Å². The zero-order valence-electron chi connectivity index (χ0n) is 16.1. The van der Waals surface area contributed by atoms with Gasteiger partial charge in [-0.25, -0.2) is 4.79 Å². The predicted molar refractivity (Wildman–Crippen MR) is 105 cm³/mol. The van der Waals surface area contributed by atoms with Gasteiger partial charge in [0.2, 0.25) is 0 Å². The lowest BCUT2D eigenvalue weighted by atomic mass is 10.1. The number of anilines is 2. The van der Waals surface area contributed by atoms with E-state index in [1.165, 1.54) is 4.90 Å². The maximum atomic E-state index is 12.6. The van der Waals surface area contributed by atoms with Gasteiger partial charge in [0, 0.05) is 16.9 Å². The molecule has 3 rings (SSSR count). The van der Waals surface area contributed by atoms with Crippen LogP contribution in [0.15, 0.2) is 36.4 Å². The molecule has 4 amide bonds. The Morgan fingerprint density at radius 2 is 1.48 bits per heavy atom.